The van der Waals surface area contributed by atoms with Crippen molar-refractivity contribution in [3.05, 3.63) is 59.7 Å². The van der Waals surface area contributed by atoms with E-state index in [0.29, 0.717) is 23.5 Å². The number of rotatable bonds is 3. The van der Waals surface area contributed by atoms with Gasteiger partial charge in [-0.05, 0) is 30.7 Å². The number of fused-ring (bicyclic) bond motifs is 1. The van der Waals surface area contributed by atoms with E-state index < -0.39 is 5.97 Å². The van der Waals surface area contributed by atoms with E-state index in [4.69, 9.17) is 9.47 Å². The quantitative estimate of drug-likeness (QED) is 0.640. The van der Waals surface area contributed by atoms with Crippen molar-refractivity contribution < 1.29 is 19.1 Å². The van der Waals surface area contributed by atoms with Crippen molar-refractivity contribution >= 4 is 11.9 Å². The molecule has 0 amide bonds. The molecule has 0 saturated heterocycles. The average Bonchev–Trinajstić information content (AvgIpc) is 2.54. The van der Waals surface area contributed by atoms with Crippen LogP contribution in [0.3, 0.4) is 0 Å². The van der Waals surface area contributed by atoms with Crippen LogP contribution in [0.15, 0.2) is 48.5 Å². The highest BCUT2D eigenvalue weighted by Gasteiger charge is 2.29. The zero-order valence-corrected chi connectivity index (χ0v) is 12.2. The molecule has 0 aliphatic carbocycles. The topological polar surface area (TPSA) is 52.6 Å². The van der Waals surface area contributed by atoms with Gasteiger partial charge in [-0.1, -0.05) is 31.2 Å². The van der Waals surface area contributed by atoms with Crippen LogP contribution in [0.25, 0.3) is 0 Å². The van der Waals surface area contributed by atoms with Gasteiger partial charge in [0.15, 0.2) is 0 Å². The summed E-state index contributed by atoms with van der Waals surface area (Å²) in [6.45, 7) is 2.00. The van der Waals surface area contributed by atoms with Crippen LogP contribution in [0, 0.1) is 0 Å². The van der Waals surface area contributed by atoms with Crippen LogP contribution in [0.1, 0.15) is 41.6 Å². The van der Waals surface area contributed by atoms with Crippen LogP contribution in [0.4, 0.5) is 0 Å². The molecule has 22 heavy (non-hydrogen) atoms. The third-order valence-electron chi connectivity index (χ3n) is 3.78. The second kappa shape index (κ2) is 6.02. The summed E-state index contributed by atoms with van der Waals surface area (Å²) in [6, 6.07) is 14.0. The predicted octanol–water partition coefficient (Wildman–Crippen LogP) is 3.71. The van der Waals surface area contributed by atoms with E-state index >= 15 is 0 Å². The van der Waals surface area contributed by atoms with Gasteiger partial charge in [0, 0.05) is 11.5 Å². The number of benzene rings is 2. The lowest BCUT2D eigenvalue weighted by Gasteiger charge is -2.25. The van der Waals surface area contributed by atoms with Gasteiger partial charge in [-0.25, -0.2) is 4.79 Å². The zero-order chi connectivity index (χ0) is 15.5. The maximum atomic E-state index is 12.2. The fourth-order valence-electron chi connectivity index (χ4n) is 2.65. The van der Waals surface area contributed by atoms with E-state index in [0.717, 1.165) is 12.0 Å². The normalized spacial score (nSPS) is 16.6. The summed E-state index contributed by atoms with van der Waals surface area (Å²) in [5, 5.41) is 0. The van der Waals surface area contributed by atoms with Gasteiger partial charge in [0.25, 0.3) is 0 Å². The lowest BCUT2D eigenvalue weighted by molar-refractivity contribution is -0.135. The minimum atomic E-state index is -0.416. The largest absolute Gasteiger partial charge is 0.426 e. The minimum absolute atomic E-state index is 0.0102. The lowest BCUT2D eigenvalue weighted by Crippen LogP contribution is -2.21. The zero-order valence-electron chi connectivity index (χ0n) is 12.2. The van der Waals surface area contributed by atoms with Gasteiger partial charge in [0.1, 0.15) is 11.5 Å². The Hall–Kier alpha value is -2.62. The Balaban J connectivity index is 1.94. The molecular weight excluding hydrogens is 280 g/mol. The van der Waals surface area contributed by atoms with Gasteiger partial charge in [-0.15, -0.1) is 0 Å². The Morgan fingerprint density at radius 3 is 2.68 bits per heavy atom. The summed E-state index contributed by atoms with van der Waals surface area (Å²) in [4.78, 5) is 23.8. The summed E-state index contributed by atoms with van der Waals surface area (Å²) in [5.41, 5.74) is 1.29. The molecule has 0 unspecified atom stereocenters. The number of esters is 2. The van der Waals surface area contributed by atoms with Crippen molar-refractivity contribution in [1.29, 1.82) is 0 Å². The third-order valence-corrected chi connectivity index (χ3v) is 3.78. The van der Waals surface area contributed by atoms with Gasteiger partial charge < -0.3 is 9.47 Å². The Morgan fingerprint density at radius 2 is 1.95 bits per heavy atom. The molecule has 0 radical (unpaired) electrons. The van der Waals surface area contributed by atoms with E-state index in [1.54, 1.807) is 42.5 Å². The number of carbonyl (C=O) groups excluding carboxylic acids is 2. The SMILES string of the molecule is CC[C@H]1CC(=O)Oc2cccc(OC(=O)c3ccccc3)c21. The van der Waals surface area contributed by atoms with Gasteiger partial charge in [0.2, 0.25) is 0 Å². The molecule has 0 spiro atoms. The summed E-state index contributed by atoms with van der Waals surface area (Å²) in [6.07, 6.45) is 1.09. The third kappa shape index (κ3) is 2.72. The first-order valence-electron chi connectivity index (χ1n) is 7.30. The molecule has 1 aliphatic heterocycles. The smallest absolute Gasteiger partial charge is 0.343 e. The van der Waals surface area contributed by atoms with Crippen molar-refractivity contribution in [3.8, 4) is 11.5 Å². The highest BCUT2D eigenvalue weighted by molar-refractivity contribution is 5.91. The van der Waals surface area contributed by atoms with Crippen LogP contribution in [0.5, 0.6) is 11.5 Å². The van der Waals surface area contributed by atoms with Gasteiger partial charge >= 0.3 is 11.9 Å². The first-order valence-corrected chi connectivity index (χ1v) is 7.30. The molecule has 1 aliphatic rings. The van der Waals surface area contributed by atoms with E-state index in [9.17, 15) is 9.59 Å². The molecule has 0 N–H and O–H groups in total. The molecule has 0 fully saturated rings. The highest BCUT2D eigenvalue weighted by atomic mass is 16.5. The number of ether oxygens (including phenoxy) is 2. The number of hydrogen-bond acceptors (Lipinski definition) is 4. The van der Waals surface area contributed by atoms with Crippen LogP contribution in [0.2, 0.25) is 0 Å². The molecule has 0 aromatic heterocycles. The summed E-state index contributed by atoms with van der Waals surface area (Å²) in [7, 11) is 0. The molecule has 4 heteroatoms. The van der Waals surface area contributed by atoms with E-state index in [1.807, 2.05) is 13.0 Å². The Morgan fingerprint density at radius 1 is 1.18 bits per heavy atom. The van der Waals surface area contributed by atoms with Crippen molar-refractivity contribution in [2.75, 3.05) is 0 Å². The van der Waals surface area contributed by atoms with Crippen molar-refractivity contribution in [2.24, 2.45) is 0 Å². The van der Waals surface area contributed by atoms with Gasteiger partial charge in [-0.2, -0.15) is 0 Å². The first-order chi connectivity index (χ1) is 10.7. The molecule has 1 heterocycles. The molecule has 0 bridgehead atoms. The van der Waals surface area contributed by atoms with Crippen LogP contribution in [-0.4, -0.2) is 11.9 Å². The first kappa shape index (κ1) is 14.3. The van der Waals surface area contributed by atoms with Crippen LogP contribution < -0.4 is 9.47 Å². The molecule has 112 valence electrons. The van der Waals surface area contributed by atoms with Gasteiger partial charge in [-0.3, -0.25) is 4.79 Å². The van der Waals surface area contributed by atoms with Gasteiger partial charge in [0.05, 0.1) is 12.0 Å². The fraction of sp³-hybridized carbons (Fsp3) is 0.222. The number of carbonyl (C=O) groups is 2. The molecule has 1 atom stereocenters. The van der Waals surface area contributed by atoms with Crippen molar-refractivity contribution in [1.82, 2.24) is 0 Å². The number of hydrogen-bond donors (Lipinski definition) is 0. The van der Waals surface area contributed by atoms with Crippen LogP contribution in [-0.2, 0) is 4.79 Å². The molecule has 2 aromatic carbocycles. The van der Waals surface area contributed by atoms with Crippen molar-refractivity contribution in [3.63, 3.8) is 0 Å². The summed E-state index contributed by atoms with van der Waals surface area (Å²) in [5.74, 6) is 0.301. The Kier molecular flexibility index (Phi) is 3.92. The van der Waals surface area contributed by atoms with Crippen LogP contribution >= 0.6 is 0 Å². The molecule has 3 rings (SSSR count). The standard InChI is InChI=1S/C18H16O4/c1-2-12-11-16(19)21-14-9-6-10-15(17(12)14)22-18(20)13-7-4-3-5-8-13/h3-10,12H,2,11H2,1H3/t12-/m0/s1. The van der Waals surface area contributed by atoms with E-state index in [2.05, 4.69) is 0 Å². The maximum absolute atomic E-state index is 12.2. The second-order valence-electron chi connectivity index (χ2n) is 5.21. The molecule has 0 saturated carbocycles. The van der Waals surface area contributed by atoms with E-state index in [-0.39, 0.29) is 11.9 Å². The highest BCUT2D eigenvalue weighted by Crippen LogP contribution is 2.42. The second-order valence-corrected chi connectivity index (χ2v) is 5.21. The Bertz CT molecular complexity index is 706. The Labute approximate surface area is 128 Å². The maximum Gasteiger partial charge on any atom is 0.343 e. The van der Waals surface area contributed by atoms with Crippen molar-refractivity contribution in [2.45, 2.75) is 25.7 Å². The summed E-state index contributed by atoms with van der Waals surface area (Å²) < 4.78 is 10.8. The fourth-order valence-corrected chi connectivity index (χ4v) is 2.65. The monoisotopic (exact) mass is 296 g/mol. The molecule has 4 nitrogen and oxygen atoms in total. The molecular formula is C18H16O4. The predicted molar refractivity (Wildman–Crippen MR) is 81.1 cm³/mol. The summed E-state index contributed by atoms with van der Waals surface area (Å²) >= 11 is 0. The minimum Gasteiger partial charge on any atom is -0.426 e. The molecule has 2 aromatic rings. The average molecular weight is 296 g/mol. The lowest BCUT2D eigenvalue weighted by atomic mass is 9.90. The van der Waals surface area contributed by atoms with E-state index in [1.165, 1.54) is 0 Å².